The fourth-order valence-corrected chi connectivity index (χ4v) is 3.29. The Hall–Kier alpha value is -2.51. The van der Waals surface area contributed by atoms with E-state index < -0.39 is 0 Å². The smallest absolute Gasteiger partial charge is 0.167 e. The van der Waals surface area contributed by atoms with E-state index in [4.69, 9.17) is 4.52 Å². The first-order chi connectivity index (χ1) is 13.2. The van der Waals surface area contributed by atoms with Gasteiger partial charge in [-0.25, -0.2) is 0 Å². The average molecular weight is 426 g/mol. The molecule has 1 aliphatic rings. The van der Waals surface area contributed by atoms with Crippen LogP contribution in [-0.2, 0) is 0 Å². The molecule has 1 aromatic heterocycles. The van der Waals surface area contributed by atoms with Gasteiger partial charge in [-0.15, -0.1) is 5.11 Å². The van der Waals surface area contributed by atoms with Crippen LogP contribution in [0.5, 0.6) is 0 Å². The maximum atomic E-state index is 5.50. The van der Waals surface area contributed by atoms with Crippen LogP contribution in [0.2, 0.25) is 0 Å². The second kappa shape index (κ2) is 8.02. The van der Waals surface area contributed by atoms with E-state index in [0.29, 0.717) is 0 Å². The first-order valence-corrected chi connectivity index (χ1v) is 9.65. The summed E-state index contributed by atoms with van der Waals surface area (Å²) >= 11 is 3.48. The third-order valence-corrected chi connectivity index (χ3v) is 5.04. The van der Waals surface area contributed by atoms with Gasteiger partial charge in [-0.3, -0.25) is 5.01 Å². The van der Waals surface area contributed by atoms with E-state index in [1.807, 2.05) is 59.6 Å². The Balaban J connectivity index is 1.45. The lowest BCUT2D eigenvalue weighted by Gasteiger charge is -2.29. The van der Waals surface area contributed by atoms with E-state index in [1.54, 1.807) is 0 Å². The minimum Gasteiger partial charge on any atom is -0.356 e. The van der Waals surface area contributed by atoms with Crippen LogP contribution in [0.4, 0.5) is 5.69 Å². The number of aromatic nitrogens is 1. The number of hydrogen-bond donors (Lipinski definition) is 0. The first kappa shape index (κ1) is 17.9. The van der Waals surface area contributed by atoms with Gasteiger partial charge in [0, 0.05) is 34.8 Å². The van der Waals surface area contributed by atoms with Crippen LogP contribution in [0.25, 0.3) is 22.6 Å². The Morgan fingerprint density at radius 3 is 2.48 bits per heavy atom. The van der Waals surface area contributed by atoms with Crippen LogP contribution in [0, 0.1) is 0 Å². The lowest BCUT2D eigenvalue weighted by atomic mass is 10.1. The van der Waals surface area contributed by atoms with Gasteiger partial charge in [0.05, 0.1) is 18.8 Å². The predicted octanol–water partition coefficient (Wildman–Crippen LogP) is 5.02. The molecule has 0 spiro atoms. The molecule has 0 saturated carbocycles. The van der Waals surface area contributed by atoms with Crippen molar-refractivity contribution in [3.63, 3.8) is 0 Å². The van der Waals surface area contributed by atoms with Crippen molar-refractivity contribution in [2.45, 2.75) is 0 Å². The van der Waals surface area contributed by atoms with Gasteiger partial charge in [-0.2, -0.15) is 0 Å². The highest BCUT2D eigenvalue weighted by molar-refractivity contribution is 9.10. The molecule has 138 valence electrons. The van der Waals surface area contributed by atoms with Crippen molar-refractivity contribution < 1.29 is 4.52 Å². The summed E-state index contributed by atoms with van der Waals surface area (Å²) in [6.07, 6.45) is 0. The van der Waals surface area contributed by atoms with E-state index in [0.717, 1.165) is 58.9 Å². The summed E-state index contributed by atoms with van der Waals surface area (Å²) in [4.78, 5) is 2.29. The molecule has 27 heavy (non-hydrogen) atoms. The molecule has 0 amide bonds. The summed E-state index contributed by atoms with van der Waals surface area (Å²) in [6.45, 7) is 3.86. The van der Waals surface area contributed by atoms with Gasteiger partial charge in [-0.1, -0.05) is 50.6 Å². The molecule has 7 heteroatoms. The molecule has 0 radical (unpaired) electrons. The average Bonchev–Trinajstić information content (AvgIpc) is 3.18. The van der Waals surface area contributed by atoms with Crippen molar-refractivity contribution in [2.24, 2.45) is 10.3 Å². The van der Waals surface area contributed by atoms with Gasteiger partial charge in [-0.05, 0) is 31.3 Å². The number of benzene rings is 2. The standard InChI is InChI=1S/C20H20BrN5O/c1-25-9-11-26(12-10-25)24-22-18-7-5-15(6-8-18)19-14-20(27-23-19)16-3-2-4-17(21)13-16/h2-8,13-14H,9-12H2,1H3. The summed E-state index contributed by atoms with van der Waals surface area (Å²) in [7, 11) is 2.12. The van der Waals surface area contributed by atoms with Crippen molar-refractivity contribution >= 4 is 21.6 Å². The predicted molar refractivity (Wildman–Crippen MR) is 109 cm³/mol. The van der Waals surface area contributed by atoms with Crippen LogP contribution in [-0.4, -0.2) is 48.3 Å². The largest absolute Gasteiger partial charge is 0.356 e. The van der Waals surface area contributed by atoms with Gasteiger partial charge in [0.25, 0.3) is 0 Å². The minimum atomic E-state index is 0.741. The number of likely N-dealkylation sites (N-methyl/N-ethyl adjacent to an activating group) is 1. The molecule has 2 heterocycles. The summed E-state index contributed by atoms with van der Waals surface area (Å²) in [6, 6.07) is 17.8. The molecule has 2 aromatic carbocycles. The van der Waals surface area contributed by atoms with E-state index in [1.165, 1.54) is 0 Å². The van der Waals surface area contributed by atoms with Crippen LogP contribution in [0.15, 0.2) is 73.9 Å². The van der Waals surface area contributed by atoms with E-state index in [9.17, 15) is 0 Å². The fourth-order valence-electron chi connectivity index (χ4n) is 2.89. The summed E-state index contributed by atoms with van der Waals surface area (Å²) in [5, 5.41) is 14.9. The summed E-state index contributed by atoms with van der Waals surface area (Å²) < 4.78 is 6.51. The SMILES string of the molecule is CN1CCN(N=Nc2ccc(-c3cc(-c4cccc(Br)c4)on3)cc2)CC1. The van der Waals surface area contributed by atoms with Crippen LogP contribution in [0.3, 0.4) is 0 Å². The van der Waals surface area contributed by atoms with Gasteiger partial charge in [0.15, 0.2) is 5.76 Å². The van der Waals surface area contributed by atoms with Crippen molar-refractivity contribution in [2.75, 3.05) is 33.2 Å². The monoisotopic (exact) mass is 425 g/mol. The molecule has 0 atom stereocenters. The molecule has 3 aromatic rings. The number of halogens is 1. The van der Waals surface area contributed by atoms with Gasteiger partial charge in [0.1, 0.15) is 5.69 Å². The van der Waals surface area contributed by atoms with Gasteiger partial charge >= 0.3 is 0 Å². The molecule has 1 saturated heterocycles. The number of rotatable bonds is 4. The summed E-state index contributed by atoms with van der Waals surface area (Å²) in [5.41, 5.74) is 3.60. The Labute approximate surface area is 166 Å². The minimum absolute atomic E-state index is 0.741. The number of piperazine rings is 1. The molecule has 0 bridgehead atoms. The molecule has 1 aliphatic heterocycles. The molecule has 0 aliphatic carbocycles. The Bertz CT molecular complexity index is 930. The second-order valence-electron chi connectivity index (χ2n) is 6.58. The zero-order chi connectivity index (χ0) is 18.6. The molecule has 6 nitrogen and oxygen atoms in total. The van der Waals surface area contributed by atoms with E-state index in [-0.39, 0.29) is 0 Å². The first-order valence-electron chi connectivity index (χ1n) is 8.86. The second-order valence-corrected chi connectivity index (χ2v) is 7.50. The van der Waals surface area contributed by atoms with Crippen molar-refractivity contribution in [3.05, 3.63) is 59.1 Å². The highest BCUT2D eigenvalue weighted by Gasteiger charge is 2.12. The van der Waals surface area contributed by atoms with Crippen molar-refractivity contribution in [1.29, 1.82) is 0 Å². The molecular formula is C20H20BrN5O. The van der Waals surface area contributed by atoms with Gasteiger partial charge in [0.2, 0.25) is 0 Å². The fraction of sp³-hybridized carbons (Fsp3) is 0.250. The highest BCUT2D eigenvalue weighted by atomic mass is 79.9. The maximum absolute atomic E-state index is 5.50. The Kier molecular flexibility index (Phi) is 5.31. The molecule has 0 N–H and O–H groups in total. The number of nitrogens with zero attached hydrogens (tertiary/aromatic N) is 5. The topological polar surface area (TPSA) is 57.2 Å². The summed E-state index contributed by atoms with van der Waals surface area (Å²) in [5.74, 6) is 0.741. The molecule has 4 rings (SSSR count). The third-order valence-electron chi connectivity index (χ3n) is 4.55. The molecule has 0 unspecified atom stereocenters. The lowest BCUT2D eigenvalue weighted by molar-refractivity contribution is 0.150. The van der Waals surface area contributed by atoms with Crippen LogP contribution in [0.1, 0.15) is 0 Å². The van der Waals surface area contributed by atoms with Crippen LogP contribution >= 0.6 is 15.9 Å². The number of hydrogen-bond acceptors (Lipinski definition) is 5. The Morgan fingerprint density at radius 2 is 1.74 bits per heavy atom. The molecule has 1 fully saturated rings. The lowest BCUT2D eigenvalue weighted by Crippen LogP contribution is -2.41. The zero-order valence-electron chi connectivity index (χ0n) is 15.0. The highest BCUT2D eigenvalue weighted by Crippen LogP contribution is 2.28. The Morgan fingerprint density at radius 1 is 0.963 bits per heavy atom. The normalized spacial score (nSPS) is 15.6. The van der Waals surface area contributed by atoms with Gasteiger partial charge < -0.3 is 9.42 Å². The van der Waals surface area contributed by atoms with E-state index >= 15 is 0 Å². The quantitative estimate of drug-likeness (QED) is 0.550. The zero-order valence-corrected chi connectivity index (χ0v) is 16.6. The van der Waals surface area contributed by atoms with Crippen molar-refractivity contribution in [1.82, 2.24) is 15.1 Å². The molecular weight excluding hydrogens is 406 g/mol. The third kappa shape index (κ3) is 4.43. The van der Waals surface area contributed by atoms with Crippen LogP contribution < -0.4 is 0 Å². The van der Waals surface area contributed by atoms with E-state index in [2.05, 4.69) is 43.4 Å². The van der Waals surface area contributed by atoms with Crippen molar-refractivity contribution in [3.8, 4) is 22.6 Å². The maximum Gasteiger partial charge on any atom is 0.167 e.